The first kappa shape index (κ1) is 15.5. The molecule has 0 atom stereocenters. The molecule has 1 rings (SSSR count). The predicted molar refractivity (Wildman–Crippen MR) is 72.4 cm³/mol. The van der Waals surface area contributed by atoms with Crippen LogP contribution in [0.25, 0.3) is 0 Å². The summed E-state index contributed by atoms with van der Waals surface area (Å²) in [5, 5.41) is 9.27. The second-order valence-electron chi connectivity index (χ2n) is 3.50. The molecule has 0 saturated carbocycles. The standard InChI is InChI=1S/C13H12ClN3O3/c1-2-20-13(19)10(7-15)8-16-17-12(18)9-3-5-11(14)6-4-9/h3-6,8,16H,2H2,1H3,(H,17,18)/b10-8+. The van der Waals surface area contributed by atoms with Crippen LogP contribution in [0.4, 0.5) is 0 Å². The molecule has 1 amide bonds. The molecule has 2 N–H and O–H groups in total. The molecule has 0 heterocycles. The fraction of sp³-hybridized carbons (Fsp3) is 0.154. The van der Waals surface area contributed by atoms with E-state index in [0.29, 0.717) is 10.6 Å². The molecule has 0 aliphatic carbocycles. The van der Waals surface area contributed by atoms with E-state index in [1.54, 1.807) is 37.3 Å². The number of hydrogen-bond acceptors (Lipinski definition) is 5. The van der Waals surface area contributed by atoms with E-state index < -0.39 is 11.9 Å². The van der Waals surface area contributed by atoms with Gasteiger partial charge >= 0.3 is 5.97 Å². The summed E-state index contributed by atoms with van der Waals surface area (Å²) in [5.74, 6) is -1.19. The van der Waals surface area contributed by atoms with Gasteiger partial charge in [-0.25, -0.2) is 4.79 Å². The van der Waals surface area contributed by atoms with Crippen molar-refractivity contribution >= 4 is 23.5 Å². The number of amides is 1. The van der Waals surface area contributed by atoms with Crippen LogP contribution in [0, 0.1) is 11.3 Å². The largest absolute Gasteiger partial charge is 0.462 e. The molecule has 0 fully saturated rings. The van der Waals surface area contributed by atoms with Crippen molar-refractivity contribution in [3.8, 4) is 6.07 Å². The molecule has 0 aliphatic rings. The van der Waals surface area contributed by atoms with Crippen LogP contribution >= 0.6 is 11.6 Å². The van der Waals surface area contributed by atoms with Crippen LogP contribution in [0.5, 0.6) is 0 Å². The zero-order valence-electron chi connectivity index (χ0n) is 10.6. The Bertz CT molecular complexity index is 561. The van der Waals surface area contributed by atoms with E-state index in [4.69, 9.17) is 16.9 Å². The van der Waals surface area contributed by atoms with Crippen LogP contribution in [0.3, 0.4) is 0 Å². The summed E-state index contributed by atoms with van der Waals surface area (Å²) in [6, 6.07) is 7.90. The molecule has 0 spiro atoms. The quantitative estimate of drug-likeness (QED) is 0.372. The third kappa shape index (κ3) is 4.63. The molecule has 20 heavy (non-hydrogen) atoms. The normalized spacial score (nSPS) is 10.3. The summed E-state index contributed by atoms with van der Waals surface area (Å²) >= 11 is 5.70. The van der Waals surface area contributed by atoms with Gasteiger partial charge in [0.05, 0.1) is 6.61 Å². The van der Waals surface area contributed by atoms with E-state index in [2.05, 4.69) is 15.6 Å². The van der Waals surface area contributed by atoms with Gasteiger partial charge in [0, 0.05) is 16.8 Å². The molecular weight excluding hydrogens is 282 g/mol. The molecule has 0 unspecified atom stereocenters. The summed E-state index contributed by atoms with van der Waals surface area (Å²) in [5.41, 5.74) is 4.82. The highest BCUT2D eigenvalue weighted by atomic mass is 35.5. The lowest BCUT2D eigenvalue weighted by Crippen LogP contribution is -2.34. The maximum Gasteiger partial charge on any atom is 0.350 e. The van der Waals surface area contributed by atoms with Crippen LogP contribution in [0.15, 0.2) is 36.0 Å². The second-order valence-corrected chi connectivity index (χ2v) is 3.93. The van der Waals surface area contributed by atoms with Crippen molar-refractivity contribution in [2.75, 3.05) is 6.61 Å². The Hall–Kier alpha value is -2.52. The van der Waals surface area contributed by atoms with Crippen molar-refractivity contribution in [2.45, 2.75) is 6.92 Å². The summed E-state index contributed by atoms with van der Waals surface area (Å²) in [7, 11) is 0. The SMILES string of the molecule is CCOC(=O)/C(C#N)=C/NNC(=O)c1ccc(Cl)cc1. The van der Waals surface area contributed by atoms with Gasteiger partial charge in [0.1, 0.15) is 6.07 Å². The third-order valence-electron chi connectivity index (χ3n) is 2.12. The average Bonchev–Trinajstić information content (AvgIpc) is 2.44. The topological polar surface area (TPSA) is 91.2 Å². The molecule has 0 saturated heterocycles. The summed E-state index contributed by atoms with van der Waals surface area (Å²) in [6.07, 6.45) is 1.06. The number of carbonyl (C=O) groups excluding carboxylic acids is 2. The van der Waals surface area contributed by atoms with E-state index in [0.717, 1.165) is 6.20 Å². The number of esters is 1. The first-order chi connectivity index (χ1) is 9.58. The molecule has 1 aromatic carbocycles. The average molecular weight is 294 g/mol. The Kier molecular flexibility index (Phi) is 6.07. The number of carbonyl (C=O) groups is 2. The highest BCUT2D eigenvalue weighted by Gasteiger charge is 2.09. The van der Waals surface area contributed by atoms with E-state index in [9.17, 15) is 9.59 Å². The fourth-order valence-electron chi connectivity index (χ4n) is 1.19. The Morgan fingerprint density at radius 3 is 2.60 bits per heavy atom. The van der Waals surface area contributed by atoms with Gasteiger partial charge in [0.25, 0.3) is 5.91 Å². The van der Waals surface area contributed by atoms with Crippen LogP contribution in [-0.4, -0.2) is 18.5 Å². The van der Waals surface area contributed by atoms with E-state index in [1.807, 2.05) is 0 Å². The van der Waals surface area contributed by atoms with Crippen molar-refractivity contribution < 1.29 is 14.3 Å². The maximum absolute atomic E-state index is 11.7. The number of nitrogens with zero attached hydrogens (tertiary/aromatic N) is 1. The number of hydrogen-bond donors (Lipinski definition) is 2. The molecular formula is C13H12ClN3O3. The molecule has 0 aliphatic heterocycles. The zero-order chi connectivity index (χ0) is 15.0. The van der Waals surface area contributed by atoms with Crippen LogP contribution in [-0.2, 0) is 9.53 Å². The number of ether oxygens (including phenoxy) is 1. The third-order valence-corrected chi connectivity index (χ3v) is 2.38. The monoisotopic (exact) mass is 293 g/mol. The predicted octanol–water partition coefficient (Wildman–Crippen LogP) is 1.54. The first-order valence-corrected chi connectivity index (χ1v) is 6.05. The lowest BCUT2D eigenvalue weighted by atomic mass is 10.2. The highest BCUT2D eigenvalue weighted by Crippen LogP contribution is 2.08. The minimum atomic E-state index is -0.761. The number of nitriles is 1. The van der Waals surface area contributed by atoms with Gasteiger partial charge in [0.15, 0.2) is 5.57 Å². The number of halogens is 1. The van der Waals surface area contributed by atoms with E-state index in [-0.39, 0.29) is 12.2 Å². The lowest BCUT2D eigenvalue weighted by Gasteiger charge is -2.05. The van der Waals surface area contributed by atoms with E-state index in [1.165, 1.54) is 0 Å². The van der Waals surface area contributed by atoms with Crippen molar-refractivity contribution in [1.29, 1.82) is 5.26 Å². The highest BCUT2D eigenvalue weighted by molar-refractivity contribution is 6.30. The van der Waals surface area contributed by atoms with Gasteiger partial charge < -0.3 is 10.2 Å². The smallest absolute Gasteiger partial charge is 0.350 e. The Morgan fingerprint density at radius 1 is 1.40 bits per heavy atom. The van der Waals surface area contributed by atoms with Gasteiger partial charge in [-0.1, -0.05) is 11.6 Å². The van der Waals surface area contributed by atoms with Gasteiger partial charge in [0.2, 0.25) is 0 Å². The fourth-order valence-corrected chi connectivity index (χ4v) is 1.32. The zero-order valence-corrected chi connectivity index (χ0v) is 11.4. The molecule has 1 aromatic rings. The Labute approximate surface area is 120 Å². The number of rotatable bonds is 5. The van der Waals surface area contributed by atoms with Crippen LogP contribution in [0.1, 0.15) is 17.3 Å². The van der Waals surface area contributed by atoms with Gasteiger partial charge in [-0.3, -0.25) is 10.2 Å². The van der Waals surface area contributed by atoms with Gasteiger partial charge in [-0.15, -0.1) is 0 Å². The Morgan fingerprint density at radius 2 is 2.05 bits per heavy atom. The minimum Gasteiger partial charge on any atom is -0.462 e. The molecule has 7 heteroatoms. The van der Waals surface area contributed by atoms with Crippen LogP contribution < -0.4 is 10.9 Å². The molecule has 0 bridgehead atoms. The van der Waals surface area contributed by atoms with Gasteiger partial charge in [-0.2, -0.15) is 5.26 Å². The van der Waals surface area contributed by atoms with Gasteiger partial charge in [-0.05, 0) is 31.2 Å². The maximum atomic E-state index is 11.7. The Balaban J connectivity index is 2.58. The molecule has 104 valence electrons. The first-order valence-electron chi connectivity index (χ1n) is 5.67. The van der Waals surface area contributed by atoms with Crippen molar-refractivity contribution in [2.24, 2.45) is 0 Å². The lowest BCUT2D eigenvalue weighted by molar-refractivity contribution is -0.138. The van der Waals surface area contributed by atoms with E-state index >= 15 is 0 Å². The number of hydrazine groups is 1. The van der Waals surface area contributed by atoms with Crippen molar-refractivity contribution in [1.82, 2.24) is 10.9 Å². The summed E-state index contributed by atoms with van der Waals surface area (Å²) in [4.78, 5) is 23.0. The van der Waals surface area contributed by atoms with Crippen molar-refractivity contribution in [3.63, 3.8) is 0 Å². The number of nitrogens with one attached hydrogen (secondary N) is 2. The number of benzene rings is 1. The van der Waals surface area contributed by atoms with Crippen LogP contribution in [0.2, 0.25) is 5.02 Å². The summed E-state index contributed by atoms with van der Waals surface area (Å²) in [6.45, 7) is 1.79. The second kappa shape index (κ2) is 7.81. The summed E-state index contributed by atoms with van der Waals surface area (Å²) < 4.78 is 4.65. The minimum absolute atomic E-state index is 0.162. The van der Waals surface area contributed by atoms with Crippen molar-refractivity contribution in [3.05, 3.63) is 46.6 Å². The molecule has 6 nitrogen and oxygen atoms in total. The molecule has 0 aromatic heterocycles. The molecule has 0 radical (unpaired) electrons.